The fraction of sp³-hybridized carbons (Fsp3) is 0.700. The van der Waals surface area contributed by atoms with Gasteiger partial charge >= 0.3 is 18.0 Å². The molecule has 0 aliphatic carbocycles. The normalized spacial score (nSPS) is 13.3. The van der Waals surface area contributed by atoms with Crippen molar-refractivity contribution in [2.75, 3.05) is 19.1 Å². The minimum Gasteiger partial charge on any atom is -0.480 e. The number of esters is 1. The Hall–Kier alpha value is -1.44. The van der Waals surface area contributed by atoms with Crippen LogP contribution in [0.25, 0.3) is 0 Å². The molecule has 0 aromatic heterocycles. The summed E-state index contributed by atoms with van der Waals surface area (Å²) in [6.45, 7) is 1.45. The fourth-order valence-corrected chi connectivity index (χ4v) is 1.60. The lowest BCUT2D eigenvalue weighted by Gasteiger charge is -2.16. The highest BCUT2D eigenvalue weighted by molar-refractivity contribution is 7.98. The number of urea groups is 1. The van der Waals surface area contributed by atoms with E-state index in [1.807, 2.05) is 6.26 Å². The smallest absolute Gasteiger partial charge is 0.328 e. The summed E-state index contributed by atoms with van der Waals surface area (Å²) in [5, 5.41) is 13.5. The number of ether oxygens (including phenoxy) is 1. The van der Waals surface area contributed by atoms with Gasteiger partial charge in [-0.05, 0) is 25.4 Å². The van der Waals surface area contributed by atoms with Crippen molar-refractivity contribution in [3.63, 3.8) is 0 Å². The number of aliphatic carboxylic acids is 1. The first-order valence-corrected chi connectivity index (χ1v) is 6.68. The molecule has 0 aliphatic heterocycles. The summed E-state index contributed by atoms with van der Waals surface area (Å²) in [7, 11) is 1.21. The molecular formula is C10H18N2O5S. The molecule has 0 heterocycles. The zero-order valence-electron chi connectivity index (χ0n) is 10.6. The molecule has 104 valence electrons. The van der Waals surface area contributed by atoms with Gasteiger partial charge in [-0.15, -0.1) is 0 Å². The quantitative estimate of drug-likeness (QED) is 0.568. The topological polar surface area (TPSA) is 105 Å². The predicted octanol–water partition coefficient (Wildman–Crippen LogP) is 0.0534. The van der Waals surface area contributed by atoms with Crippen LogP contribution in [0.15, 0.2) is 0 Å². The van der Waals surface area contributed by atoms with Gasteiger partial charge < -0.3 is 20.5 Å². The van der Waals surface area contributed by atoms with E-state index < -0.39 is 30.1 Å². The van der Waals surface area contributed by atoms with Crippen LogP contribution in [0.5, 0.6) is 0 Å². The minimum absolute atomic E-state index is 0.316. The van der Waals surface area contributed by atoms with Crippen molar-refractivity contribution in [2.24, 2.45) is 0 Å². The number of amides is 2. The Morgan fingerprint density at radius 1 is 1.33 bits per heavy atom. The summed E-state index contributed by atoms with van der Waals surface area (Å²) in [6, 6.07) is -2.51. The van der Waals surface area contributed by atoms with Crippen LogP contribution in [-0.4, -0.2) is 54.3 Å². The molecule has 8 heteroatoms. The number of hydrogen-bond acceptors (Lipinski definition) is 5. The second kappa shape index (κ2) is 8.62. The molecule has 0 radical (unpaired) electrons. The van der Waals surface area contributed by atoms with Gasteiger partial charge in [0, 0.05) is 0 Å². The maximum atomic E-state index is 11.5. The monoisotopic (exact) mass is 278 g/mol. The summed E-state index contributed by atoms with van der Waals surface area (Å²) in [4.78, 5) is 33.4. The number of hydrogen-bond donors (Lipinski definition) is 3. The van der Waals surface area contributed by atoms with E-state index in [1.165, 1.54) is 25.8 Å². The Morgan fingerprint density at radius 3 is 2.39 bits per heavy atom. The van der Waals surface area contributed by atoms with Gasteiger partial charge in [-0.3, -0.25) is 0 Å². The molecule has 0 aliphatic rings. The zero-order valence-corrected chi connectivity index (χ0v) is 11.4. The van der Waals surface area contributed by atoms with Gasteiger partial charge in [0.2, 0.25) is 0 Å². The van der Waals surface area contributed by atoms with E-state index in [-0.39, 0.29) is 0 Å². The molecule has 18 heavy (non-hydrogen) atoms. The van der Waals surface area contributed by atoms with Crippen molar-refractivity contribution >= 4 is 29.7 Å². The zero-order chi connectivity index (χ0) is 14.1. The van der Waals surface area contributed by atoms with Gasteiger partial charge in [-0.2, -0.15) is 11.8 Å². The Bertz CT molecular complexity index is 311. The molecule has 0 aromatic rings. The fourth-order valence-electron chi connectivity index (χ4n) is 1.13. The maximum Gasteiger partial charge on any atom is 0.328 e. The average molecular weight is 278 g/mol. The Kier molecular flexibility index (Phi) is 7.93. The van der Waals surface area contributed by atoms with Gasteiger partial charge in [-0.25, -0.2) is 14.4 Å². The predicted molar refractivity (Wildman–Crippen MR) is 67.6 cm³/mol. The van der Waals surface area contributed by atoms with Crippen LogP contribution in [-0.2, 0) is 14.3 Å². The summed E-state index contributed by atoms with van der Waals surface area (Å²) in [5.74, 6) is -1.09. The molecule has 7 nitrogen and oxygen atoms in total. The number of rotatable bonds is 7. The van der Waals surface area contributed by atoms with E-state index in [4.69, 9.17) is 5.11 Å². The van der Waals surface area contributed by atoms with Crippen LogP contribution >= 0.6 is 11.8 Å². The van der Waals surface area contributed by atoms with E-state index >= 15 is 0 Å². The first kappa shape index (κ1) is 16.6. The summed E-state index contributed by atoms with van der Waals surface area (Å²) >= 11 is 1.49. The minimum atomic E-state index is -1.11. The van der Waals surface area contributed by atoms with Crippen LogP contribution in [0.1, 0.15) is 13.3 Å². The first-order chi connectivity index (χ1) is 8.42. The summed E-state index contributed by atoms with van der Waals surface area (Å²) < 4.78 is 4.43. The molecule has 0 aromatic carbocycles. The highest BCUT2D eigenvalue weighted by Crippen LogP contribution is 2.01. The second-order valence-corrected chi connectivity index (χ2v) is 4.52. The van der Waals surface area contributed by atoms with Crippen molar-refractivity contribution in [1.29, 1.82) is 0 Å². The third-order valence-electron chi connectivity index (χ3n) is 2.12. The molecule has 3 N–H and O–H groups in total. The average Bonchev–Trinajstić information content (AvgIpc) is 2.32. The lowest BCUT2D eigenvalue weighted by atomic mass is 10.2. The SMILES string of the molecule is COC(=O)C(C)NC(=O)N[C@H](CCSC)C(=O)O. The van der Waals surface area contributed by atoms with Crippen molar-refractivity contribution in [2.45, 2.75) is 25.4 Å². The van der Waals surface area contributed by atoms with E-state index in [0.717, 1.165) is 0 Å². The Labute approximate surface area is 110 Å². The summed E-state index contributed by atoms with van der Waals surface area (Å²) in [5.41, 5.74) is 0. The van der Waals surface area contributed by atoms with Gasteiger partial charge in [0.1, 0.15) is 12.1 Å². The van der Waals surface area contributed by atoms with Crippen molar-refractivity contribution in [3.05, 3.63) is 0 Å². The van der Waals surface area contributed by atoms with Gasteiger partial charge in [0.15, 0.2) is 0 Å². The highest BCUT2D eigenvalue weighted by atomic mass is 32.2. The van der Waals surface area contributed by atoms with Crippen LogP contribution in [0.3, 0.4) is 0 Å². The highest BCUT2D eigenvalue weighted by Gasteiger charge is 2.22. The molecule has 1 unspecified atom stereocenters. The van der Waals surface area contributed by atoms with Gasteiger partial charge in [-0.1, -0.05) is 0 Å². The molecule has 0 spiro atoms. The van der Waals surface area contributed by atoms with E-state index in [1.54, 1.807) is 0 Å². The molecule has 2 amide bonds. The first-order valence-electron chi connectivity index (χ1n) is 5.29. The number of carbonyl (C=O) groups is 3. The van der Waals surface area contributed by atoms with E-state index in [2.05, 4.69) is 15.4 Å². The Balaban J connectivity index is 4.25. The van der Waals surface area contributed by atoms with Crippen molar-refractivity contribution in [3.8, 4) is 0 Å². The van der Waals surface area contributed by atoms with Crippen molar-refractivity contribution in [1.82, 2.24) is 10.6 Å². The Morgan fingerprint density at radius 2 is 1.94 bits per heavy atom. The van der Waals surface area contributed by atoms with E-state index in [0.29, 0.717) is 12.2 Å². The largest absolute Gasteiger partial charge is 0.480 e. The third-order valence-corrected chi connectivity index (χ3v) is 2.76. The number of carboxylic acid groups (broad SMARTS) is 1. The third kappa shape index (κ3) is 6.33. The van der Waals surface area contributed by atoms with Crippen LogP contribution in [0, 0.1) is 0 Å². The molecular weight excluding hydrogens is 260 g/mol. The number of thioether (sulfide) groups is 1. The molecule has 0 fully saturated rings. The summed E-state index contributed by atoms with van der Waals surface area (Å²) in [6.07, 6.45) is 2.16. The number of methoxy groups -OCH3 is 1. The van der Waals surface area contributed by atoms with Gasteiger partial charge in [0.25, 0.3) is 0 Å². The maximum absolute atomic E-state index is 11.5. The number of nitrogens with one attached hydrogen (secondary N) is 2. The van der Waals surface area contributed by atoms with Crippen LogP contribution in [0.2, 0.25) is 0 Å². The lowest BCUT2D eigenvalue weighted by molar-refractivity contribution is -0.142. The second-order valence-electron chi connectivity index (χ2n) is 3.53. The molecule has 0 rings (SSSR count). The van der Waals surface area contributed by atoms with Crippen LogP contribution in [0.4, 0.5) is 4.79 Å². The van der Waals surface area contributed by atoms with Crippen LogP contribution < -0.4 is 10.6 Å². The number of carboxylic acids is 1. The van der Waals surface area contributed by atoms with E-state index in [9.17, 15) is 14.4 Å². The molecule has 0 bridgehead atoms. The van der Waals surface area contributed by atoms with Crippen molar-refractivity contribution < 1.29 is 24.2 Å². The molecule has 2 atom stereocenters. The molecule has 0 saturated carbocycles. The van der Waals surface area contributed by atoms with Gasteiger partial charge in [0.05, 0.1) is 7.11 Å². The molecule has 0 saturated heterocycles. The standard InChI is InChI=1S/C10H18N2O5S/c1-6(9(15)17-2)11-10(16)12-7(8(13)14)4-5-18-3/h6-7H,4-5H2,1-3H3,(H,13,14)(H2,11,12,16)/t6?,7-/m1/s1. The lowest BCUT2D eigenvalue weighted by Crippen LogP contribution is -2.50. The number of carbonyl (C=O) groups excluding carboxylic acids is 2.